The molecule has 0 radical (unpaired) electrons. The summed E-state index contributed by atoms with van der Waals surface area (Å²) in [5, 5.41) is 7.69. The first-order valence-corrected chi connectivity index (χ1v) is 5.62. The van der Waals surface area contributed by atoms with Crippen LogP contribution in [0.3, 0.4) is 0 Å². The third kappa shape index (κ3) is 2.14. The van der Waals surface area contributed by atoms with Crippen molar-refractivity contribution in [3.63, 3.8) is 0 Å². The van der Waals surface area contributed by atoms with E-state index in [0.29, 0.717) is 0 Å². The Bertz CT molecular complexity index is 480. The highest BCUT2D eigenvalue weighted by Crippen LogP contribution is 2.22. The van der Waals surface area contributed by atoms with Crippen LogP contribution in [-0.4, -0.2) is 18.6 Å². The van der Waals surface area contributed by atoms with Gasteiger partial charge in [0.25, 0.3) is 0 Å². The first kappa shape index (κ1) is 10.9. The highest BCUT2D eigenvalue weighted by atomic mass is 14.9. The van der Waals surface area contributed by atoms with Gasteiger partial charge < -0.3 is 10.6 Å². The maximum absolute atomic E-state index is 4.61. The van der Waals surface area contributed by atoms with Crippen LogP contribution in [0.1, 0.15) is 12.6 Å². The number of para-hydroxylation sites is 1. The summed E-state index contributed by atoms with van der Waals surface area (Å²) < 4.78 is 0. The molecule has 3 heteroatoms. The van der Waals surface area contributed by atoms with Gasteiger partial charge in [0, 0.05) is 24.2 Å². The van der Waals surface area contributed by atoms with E-state index in [9.17, 15) is 0 Å². The summed E-state index contributed by atoms with van der Waals surface area (Å²) in [6, 6.07) is 10.3. The van der Waals surface area contributed by atoms with Gasteiger partial charge in [-0.2, -0.15) is 0 Å². The Labute approximate surface area is 95.9 Å². The van der Waals surface area contributed by atoms with Gasteiger partial charge in [0.2, 0.25) is 0 Å². The number of fused-ring (bicyclic) bond motifs is 1. The van der Waals surface area contributed by atoms with Gasteiger partial charge in [-0.05, 0) is 26.1 Å². The van der Waals surface area contributed by atoms with Crippen LogP contribution in [0.2, 0.25) is 0 Å². The SMILES string of the molecule is CCNc1cc(CNC)nc2ccccc12. The molecule has 0 aliphatic carbocycles. The fourth-order valence-electron chi connectivity index (χ4n) is 1.84. The minimum absolute atomic E-state index is 0.795. The van der Waals surface area contributed by atoms with E-state index in [1.54, 1.807) is 0 Å². The molecular formula is C13H17N3. The van der Waals surface area contributed by atoms with Crippen LogP contribution in [0.4, 0.5) is 5.69 Å². The maximum Gasteiger partial charge on any atom is 0.0726 e. The molecule has 2 rings (SSSR count). The first-order chi connectivity index (χ1) is 7.85. The molecule has 0 bridgehead atoms. The van der Waals surface area contributed by atoms with Crippen LogP contribution < -0.4 is 10.6 Å². The summed E-state index contributed by atoms with van der Waals surface area (Å²) in [7, 11) is 1.93. The molecule has 0 aliphatic heterocycles. The monoisotopic (exact) mass is 215 g/mol. The van der Waals surface area contributed by atoms with Crippen LogP contribution in [-0.2, 0) is 6.54 Å². The summed E-state index contributed by atoms with van der Waals surface area (Å²) in [6.07, 6.45) is 0. The largest absolute Gasteiger partial charge is 0.385 e. The van der Waals surface area contributed by atoms with Gasteiger partial charge in [0.15, 0.2) is 0 Å². The van der Waals surface area contributed by atoms with Gasteiger partial charge in [-0.3, -0.25) is 4.98 Å². The van der Waals surface area contributed by atoms with Crippen LogP contribution in [0.25, 0.3) is 10.9 Å². The van der Waals surface area contributed by atoms with Crippen molar-refractivity contribution in [1.82, 2.24) is 10.3 Å². The van der Waals surface area contributed by atoms with Gasteiger partial charge in [-0.15, -0.1) is 0 Å². The molecule has 0 amide bonds. The van der Waals surface area contributed by atoms with Crippen LogP contribution in [0.5, 0.6) is 0 Å². The lowest BCUT2D eigenvalue weighted by atomic mass is 10.1. The molecule has 1 aromatic heterocycles. The van der Waals surface area contributed by atoms with E-state index in [4.69, 9.17) is 0 Å². The van der Waals surface area contributed by atoms with Crippen molar-refractivity contribution in [3.05, 3.63) is 36.0 Å². The van der Waals surface area contributed by atoms with Crippen LogP contribution >= 0.6 is 0 Å². The van der Waals surface area contributed by atoms with Crippen molar-refractivity contribution >= 4 is 16.6 Å². The first-order valence-electron chi connectivity index (χ1n) is 5.62. The topological polar surface area (TPSA) is 37.0 Å². The van der Waals surface area contributed by atoms with Gasteiger partial charge in [0.1, 0.15) is 0 Å². The van der Waals surface area contributed by atoms with E-state index in [2.05, 4.69) is 40.7 Å². The predicted molar refractivity (Wildman–Crippen MR) is 68.7 cm³/mol. The van der Waals surface area contributed by atoms with E-state index in [1.807, 2.05) is 19.2 Å². The Kier molecular flexibility index (Phi) is 3.37. The van der Waals surface area contributed by atoms with Gasteiger partial charge in [-0.1, -0.05) is 18.2 Å². The zero-order chi connectivity index (χ0) is 11.4. The lowest BCUT2D eigenvalue weighted by Crippen LogP contribution is -2.08. The maximum atomic E-state index is 4.61. The molecule has 16 heavy (non-hydrogen) atoms. The summed E-state index contributed by atoms with van der Waals surface area (Å²) in [5.74, 6) is 0. The average molecular weight is 215 g/mol. The average Bonchev–Trinajstić information content (AvgIpc) is 2.30. The van der Waals surface area contributed by atoms with Crippen LogP contribution in [0, 0.1) is 0 Å². The fraction of sp³-hybridized carbons (Fsp3) is 0.308. The number of hydrogen-bond donors (Lipinski definition) is 2. The molecule has 3 nitrogen and oxygen atoms in total. The third-order valence-corrected chi connectivity index (χ3v) is 2.49. The van der Waals surface area contributed by atoms with E-state index < -0.39 is 0 Å². The number of anilines is 1. The zero-order valence-electron chi connectivity index (χ0n) is 9.75. The Balaban J connectivity index is 2.54. The van der Waals surface area contributed by atoms with Gasteiger partial charge in [-0.25, -0.2) is 0 Å². The number of hydrogen-bond acceptors (Lipinski definition) is 3. The molecular weight excluding hydrogens is 198 g/mol. The van der Waals surface area contributed by atoms with Crippen LogP contribution in [0.15, 0.2) is 30.3 Å². The minimum atomic E-state index is 0.795. The zero-order valence-corrected chi connectivity index (χ0v) is 9.75. The number of pyridine rings is 1. The molecule has 2 N–H and O–H groups in total. The summed E-state index contributed by atoms with van der Waals surface area (Å²) in [5.41, 5.74) is 3.28. The number of benzene rings is 1. The van der Waals surface area contributed by atoms with Crippen molar-refractivity contribution in [2.75, 3.05) is 18.9 Å². The van der Waals surface area contributed by atoms with Crippen molar-refractivity contribution < 1.29 is 0 Å². The number of aromatic nitrogens is 1. The number of rotatable bonds is 4. The van der Waals surface area contributed by atoms with Crippen molar-refractivity contribution in [1.29, 1.82) is 0 Å². The Morgan fingerprint density at radius 1 is 1.25 bits per heavy atom. The second-order valence-corrected chi connectivity index (χ2v) is 3.74. The Morgan fingerprint density at radius 3 is 2.81 bits per heavy atom. The standard InChI is InChI=1S/C13H17N3/c1-3-15-13-8-10(9-14-2)16-12-7-5-4-6-11(12)13/h4-8,14H,3,9H2,1-2H3,(H,15,16). The predicted octanol–water partition coefficient (Wildman–Crippen LogP) is 2.39. The summed E-state index contributed by atoms with van der Waals surface area (Å²) in [4.78, 5) is 4.61. The highest BCUT2D eigenvalue weighted by Gasteiger charge is 2.03. The van der Waals surface area contributed by atoms with Crippen molar-refractivity contribution in [3.8, 4) is 0 Å². The second-order valence-electron chi connectivity index (χ2n) is 3.74. The number of nitrogens with zero attached hydrogens (tertiary/aromatic N) is 1. The van der Waals surface area contributed by atoms with Gasteiger partial charge >= 0.3 is 0 Å². The molecule has 0 spiro atoms. The van der Waals surface area contributed by atoms with E-state index in [-0.39, 0.29) is 0 Å². The molecule has 1 aromatic carbocycles. The molecule has 0 saturated heterocycles. The quantitative estimate of drug-likeness (QED) is 0.822. The number of nitrogens with one attached hydrogen (secondary N) is 2. The van der Waals surface area contributed by atoms with Crippen molar-refractivity contribution in [2.24, 2.45) is 0 Å². The molecule has 0 atom stereocenters. The van der Waals surface area contributed by atoms with E-state index in [1.165, 1.54) is 11.1 Å². The Hall–Kier alpha value is -1.61. The highest BCUT2D eigenvalue weighted by molar-refractivity contribution is 5.91. The van der Waals surface area contributed by atoms with Gasteiger partial charge in [0.05, 0.1) is 11.2 Å². The molecule has 0 unspecified atom stereocenters. The second kappa shape index (κ2) is 4.94. The third-order valence-electron chi connectivity index (χ3n) is 2.49. The molecule has 84 valence electrons. The smallest absolute Gasteiger partial charge is 0.0726 e. The molecule has 2 aromatic rings. The Morgan fingerprint density at radius 2 is 2.06 bits per heavy atom. The normalized spacial score (nSPS) is 10.6. The lowest BCUT2D eigenvalue weighted by molar-refractivity contribution is 0.796. The fourth-order valence-corrected chi connectivity index (χ4v) is 1.84. The molecule has 0 saturated carbocycles. The molecule has 1 heterocycles. The summed E-state index contributed by atoms with van der Waals surface area (Å²) in [6.45, 7) is 3.82. The summed E-state index contributed by atoms with van der Waals surface area (Å²) >= 11 is 0. The van der Waals surface area contributed by atoms with Crippen molar-refractivity contribution in [2.45, 2.75) is 13.5 Å². The van der Waals surface area contributed by atoms with E-state index in [0.717, 1.165) is 24.3 Å². The lowest BCUT2D eigenvalue weighted by Gasteiger charge is -2.10. The minimum Gasteiger partial charge on any atom is -0.385 e. The molecule has 0 fully saturated rings. The molecule has 0 aliphatic rings. The van der Waals surface area contributed by atoms with E-state index >= 15 is 0 Å².